The van der Waals surface area contributed by atoms with Crippen molar-refractivity contribution in [1.82, 2.24) is 5.32 Å². The van der Waals surface area contributed by atoms with Crippen LogP contribution in [-0.2, 0) is 11.2 Å². The Kier molecular flexibility index (Phi) is 5.96. The largest absolute Gasteiger partial charge is 0.481 e. The Labute approximate surface area is 112 Å². The summed E-state index contributed by atoms with van der Waals surface area (Å²) >= 11 is 0. The van der Waals surface area contributed by atoms with Gasteiger partial charge in [0, 0.05) is 12.1 Å². The maximum absolute atomic E-state index is 11.5. The fourth-order valence-electron chi connectivity index (χ4n) is 1.44. The van der Waals surface area contributed by atoms with Gasteiger partial charge in [-0.1, -0.05) is 18.1 Å². The van der Waals surface area contributed by atoms with Crippen molar-refractivity contribution in [2.24, 2.45) is 0 Å². The Hall–Kier alpha value is -2.48. The monoisotopic (exact) mass is 260 g/mol. The second kappa shape index (κ2) is 7.77. The maximum atomic E-state index is 11.5. The number of aryl methyl sites for hydroxylation is 1. The molecule has 0 unspecified atom stereocenters. The van der Waals surface area contributed by atoms with Crippen LogP contribution in [0.4, 0.5) is 10.5 Å². The van der Waals surface area contributed by atoms with Crippen LogP contribution < -0.4 is 10.6 Å². The Bertz CT molecular complexity index is 515. The molecule has 0 heterocycles. The number of hydrogen-bond donors (Lipinski definition) is 3. The zero-order chi connectivity index (χ0) is 14.1. The molecule has 0 aliphatic heterocycles. The van der Waals surface area contributed by atoms with Gasteiger partial charge in [-0.3, -0.25) is 4.79 Å². The number of hydrogen-bond acceptors (Lipinski definition) is 2. The van der Waals surface area contributed by atoms with Crippen LogP contribution in [-0.4, -0.2) is 23.7 Å². The summed E-state index contributed by atoms with van der Waals surface area (Å²) in [5.41, 5.74) is 1.50. The lowest BCUT2D eigenvalue weighted by atomic mass is 10.1. The van der Waals surface area contributed by atoms with E-state index in [0.717, 1.165) is 5.56 Å². The Balaban J connectivity index is 2.53. The minimum atomic E-state index is -0.839. The second-order valence-corrected chi connectivity index (χ2v) is 3.83. The van der Waals surface area contributed by atoms with Crippen LogP contribution in [0.2, 0.25) is 0 Å². The molecule has 0 saturated carbocycles. The smallest absolute Gasteiger partial charge is 0.319 e. The number of nitrogens with one attached hydrogen (secondary N) is 2. The third-order valence-electron chi connectivity index (χ3n) is 2.33. The fraction of sp³-hybridized carbons (Fsp3) is 0.286. The number of rotatable bonds is 5. The van der Waals surface area contributed by atoms with E-state index in [-0.39, 0.29) is 12.5 Å². The summed E-state index contributed by atoms with van der Waals surface area (Å²) < 4.78 is 0. The van der Waals surface area contributed by atoms with E-state index in [1.54, 1.807) is 25.1 Å². The van der Waals surface area contributed by atoms with Gasteiger partial charge in [0.15, 0.2) is 0 Å². The number of carboxylic acids is 1. The number of carbonyl (C=O) groups excluding carboxylic acids is 1. The van der Waals surface area contributed by atoms with Gasteiger partial charge >= 0.3 is 12.0 Å². The number of anilines is 1. The first-order valence-electron chi connectivity index (χ1n) is 5.87. The summed E-state index contributed by atoms with van der Waals surface area (Å²) in [5.74, 6) is 4.56. The summed E-state index contributed by atoms with van der Waals surface area (Å²) in [4.78, 5) is 22.0. The molecule has 19 heavy (non-hydrogen) atoms. The predicted molar refractivity (Wildman–Crippen MR) is 72.9 cm³/mol. The van der Waals surface area contributed by atoms with Crippen LogP contribution in [0.25, 0.3) is 0 Å². The van der Waals surface area contributed by atoms with E-state index in [0.29, 0.717) is 18.7 Å². The van der Waals surface area contributed by atoms with Gasteiger partial charge in [-0.25, -0.2) is 4.79 Å². The standard InChI is InChI=1S/C14H16N2O3/c1-2-3-9-15-14(19)16-12-6-4-5-11(10-12)7-8-13(17)18/h4-6,10H,7-9H2,1H3,(H,17,18)(H2,15,16,19). The third kappa shape index (κ3) is 6.13. The van der Waals surface area contributed by atoms with Crippen molar-refractivity contribution in [3.8, 4) is 11.8 Å². The lowest BCUT2D eigenvalue weighted by molar-refractivity contribution is -0.136. The summed E-state index contributed by atoms with van der Waals surface area (Å²) in [6.07, 6.45) is 0.509. The maximum Gasteiger partial charge on any atom is 0.319 e. The van der Waals surface area contributed by atoms with Gasteiger partial charge in [-0.2, -0.15) is 0 Å². The highest BCUT2D eigenvalue weighted by atomic mass is 16.4. The van der Waals surface area contributed by atoms with E-state index >= 15 is 0 Å². The molecule has 0 aliphatic rings. The quantitative estimate of drug-likeness (QED) is 0.707. The van der Waals surface area contributed by atoms with Crippen LogP contribution in [0.1, 0.15) is 18.9 Å². The number of amides is 2. The number of carboxylic acid groups (broad SMARTS) is 1. The second-order valence-electron chi connectivity index (χ2n) is 3.83. The van der Waals surface area contributed by atoms with Gasteiger partial charge in [-0.05, 0) is 31.0 Å². The van der Waals surface area contributed by atoms with Crippen molar-refractivity contribution < 1.29 is 14.7 Å². The van der Waals surface area contributed by atoms with Gasteiger partial charge in [0.2, 0.25) is 0 Å². The first-order chi connectivity index (χ1) is 9.11. The van der Waals surface area contributed by atoms with Crippen molar-refractivity contribution in [3.05, 3.63) is 29.8 Å². The Morgan fingerprint density at radius 2 is 2.16 bits per heavy atom. The van der Waals surface area contributed by atoms with E-state index < -0.39 is 5.97 Å². The van der Waals surface area contributed by atoms with Crippen molar-refractivity contribution in [2.75, 3.05) is 11.9 Å². The van der Waals surface area contributed by atoms with E-state index in [4.69, 9.17) is 5.11 Å². The molecule has 0 bridgehead atoms. The summed E-state index contributed by atoms with van der Waals surface area (Å²) in [6.45, 7) is 1.99. The third-order valence-corrected chi connectivity index (χ3v) is 2.33. The molecule has 0 aromatic heterocycles. The highest BCUT2D eigenvalue weighted by molar-refractivity contribution is 5.89. The number of urea groups is 1. The normalized spacial score (nSPS) is 9.11. The lowest BCUT2D eigenvalue weighted by Crippen LogP contribution is -2.28. The molecule has 0 saturated heterocycles. The number of benzene rings is 1. The SMILES string of the molecule is CC#CCNC(=O)Nc1cccc(CCC(=O)O)c1. The molecule has 5 heteroatoms. The van der Waals surface area contributed by atoms with Crippen molar-refractivity contribution in [3.63, 3.8) is 0 Å². The first-order valence-corrected chi connectivity index (χ1v) is 5.87. The first kappa shape index (κ1) is 14.6. The topological polar surface area (TPSA) is 78.4 Å². The highest BCUT2D eigenvalue weighted by Gasteiger charge is 2.03. The Morgan fingerprint density at radius 3 is 2.84 bits per heavy atom. The van der Waals surface area contributed by atoms with Crippen LogP contribution in [0.3, 0.4) is 0 Å². The predicted octanol–water partition coefficient (Wildman–Crippen LogP) is 1.85. The number of carbonyl (C=O) groups is 2. The summed E-state index contributed by atoms with van der Waals surface area (Å²) in [7, 11) is 0. The van der Waals surface area contributed by atoms with E-state index in [1.807, 2.05) is 6.07 Å². The van der Waals surface area contributed by atoms with Crippen molar-refractivity contribution in [1.29, 1.82) is 0 Å². The molecule has 0 aliphatic carbocycles. The van der Waals surface area contributed by atoms with Gasteiger partial charge in [0.1, 0.15) is 0 Å². The van der Waals surface area contributed by atoms with E-state index in [9.17, 15) is 9.59 Å². The number of aliphatic carboxylic acids is 1. The van der Waals surface area contributed by atoms with Crippen LogP contribution >= 0.6 is 0 Å². The molecule has 0 radical (unpaired) electrons. The zero-order valence-corrected chi connectivity index (χ0v) is 10.7. The highest BCUT2D eigenvalue weighted by Crippen LogP contribution is 2.12. The molecule has 100 valence electrons. The molecule has 1 rings (SSSR count). The molecule has 0 fully saturated rings. The van der Waals surface area contributed by atoms with Gasteiger partial charge in [0.05, 0.1) is 6.54 Å². The van der Waals surface area contributed by atoms with Crippen LogP contribution in [0.5, 0.6) is 0 Å². The minimum absolute atomic E-state index is 0.0712. The molecular weight excluding hydrogens is 244 g/mol. The van der Waals surface area contributed by atoms with Gasteiger partial charge in [-0.15, -0.1) is 5.92 Å². The van der Waals surface area contributed by atoms with Gasteiger partial charge in [0.25, 0.3) is 0 Å². The fourth-order valence-corrected chi connectivity index (χ4v) is 1.44. The molecule has 0 atom stereocenters. The molecule has 1 aromatic rings. The molecule has 2 amide bonds. The van der Waals surface area contributed by atoms with E-state index in [2.05, 4.69) is 22.5 Å². The Morgan fingerprint density at radius 1 is 1.37 bits per heavy atom. The van der Waals surface area contributed by atoms with Crippen molar-refractivity contribution in [2.45, 2.75) is 19.8 Å². The van der Waals surface area contributed by atoms with Crippen molar-refractivity contribution >= 4 is 17.7 Å². The molecule has 0 spiro atoms. The zero-order valence-electron chi connectivity index (χ0n) is 10.7. The van der Waals surface area contributed by atoms with E-state index in [1.165, 1.54) is 0 Å². The lowest BCUT2D eigenvalue weighted by Gasteiger charge is -2.07. The molecule has 3 N–H and O–H groups in total. The van der Waals surface area contributed by atoms with Crippen LogP contribution in [0, 0.1) is 11.8 Å². The summed E-state index contributed by atoms with van der Waals surface area (Å²) in [6, 6.07) is 6.77. The average molecular weight is 260 g/mol. The molecule has 1 aromatic carbocycles. The minimum Gasteiger partial charge on any atom is -0.481 e. The molecular formula is C14H16N2O3. The summed E-state index contributed by atoms with van der Waals surface area (Å²) in [5, 5.41) is 13.9. The van der Waals surface area contributed by atoms with Gasteiger partial charge < -0.3 is 15.7 Å². The average Bonchev–Trinajstić information content (AvgIpc) is 2.37. The van der Waals surface area contributed by atoms with Crippen LogP contribution in [0.15, 0.2) is 24.3 Å². The molecule has 5 nitrogen and oxygen atoms in total.